The number of hydrogen-bond acceptors (Lipinski definition) is 4. The number of alkyl halides is 3. The Kier molecular flexibility index (Phi) is 7.20. The summed E-state index contributed by atoms with van der Waals surface area (Å²) in [7, 11) is -4.45. The summed E-state index contributed by atoms with van der Waals surface area (Å²) in [6, 6.07) is 18.2. The van der Waals surface area contributed by atoms with E-state index in [1.54, 1.807) is 42.5 Å². The van der Waals surface area contributed by atoms with Crippen LogP contribution < -0.4 is 10.1 Å². The Morgan fingerprint density at radius 1 is 1.06 bits per heavy atom. The number of hydrogen-bond donors (Lipinski definition) is 1. The summed E-state index contributed by atoms with van der Waals surface area (Å²) in [6.45, 7) is -0.0529. The molecule has 0 aliphatic carbocycles. The summed E-state index contributed by atoms with van der Waals surface area (Å²) in [5.74, 6) is -1.23. The molecular weight excluding hydrogens is 549 g/mol. The van der Waals surface area contributed by atoms with Crippen LogP contribution in [0.1, 0.15) is 27.5 Å². The molecule has 1 atom stereocenters. The van der Waals surface area contributed by atoms with Gasteiger partial charge in [-0.15, -0.1) is 13.2 Å². The number of benzene rings is 3. The lowest BCUT2D eigenvalue weighted by atomic mass is 9.94. The molecule has 1 unspecified atom stereocenters. The van der Waals surface area contributed by atoms with Crippen molar-refractivity contribution in [3.8, 4) is 5.75 Å². The minimum Gasteiger partial charge on any atom is -0.404 e. The van der Waals surface area contributed by atoms with Crippen LogP contribution >= 0.6 is 15.9 Å². The maximum Gasteiger partial charge on any atom is 0.573 e. The molecule has 3 aromatic rings. The van der Waals surface area contributed by atoms with Gasteiger partial charge < -0.3 is 10.1 Å². The van der Waals surface area contributed by atoms with Gasteiger partial charge in [-0.05, 0) is 47.9 Å². The summed E-state index contributed by atoms with van der Waals surface area (Å²) in [5, 5.41) is 2.76. The lowest BCUT2D eigenvalue weighted by Gasteiger charge is -2.36. The van der Waals surface area contributed by atoms with Crippen LogP contribution in [0.15, 0.2) is 82.2 Å². The van der Waals surface area contributed by atoms with E-state index in [-0.39, 0.29) is 17.6 Å². The minimum absolute atomic E-state index is 0.0206. The van der Waals surface area contributed by atoms with Gasteiger partial charge in [0.05, 0.1) is 6.04 Å². The Morgan fingerprint density at radius 2 is 1.74 bits per heavy atom. The van der Waals surface area contributed by atoms with Gasteiger partial charge in [-0.3, -0.25) is 4.79 Å². The van der Waals surface area contributed by atoms with Crippen molar-refractivity contribution in [2.45, 2.75) is 23.7 Å². The smallest absolute Gasteiger partial charge is 0.404 e. The van der Waals surface area contributed by atoms with Gasteiger partial charge in [-0.2, -0.15) is 4.31 Å². The first kappa shape index (κ1) is 25.2. The van der Waals surface area contributed by atoms with Crippen LogP contribution in [0.3, 0.4) is 0 Å². The molecule has 1 heterocycles. The van der Waals surface area contributed by atoms with E-state index >= 15 is 0 Å². The van der Waals surface area contributed by atoms with Crippen molar-refractivity contribution in [3.63, 3.8) is 0 Å². The highest BCUT2D eigenvalue weighted by Crippen LogP contribution is 2.39. The molecule has 0 aromatic heterocycles. The second-order valence-electron chi connectivity index (χ2n) is 7.80. The van der Waals surface area contributed by atoms with Crippen LogP contribution in [0.5, 0.6) is 5.75 Å². The quantitative estimate of drug-likeness (QED) is 0.450. The topological polar surface area (TPSA) is 75.7 Å². The Bertz CT molecular complexity index is 1330. The Hall–Kier alpha value is -2.89. The van der Waals surface area contributed by atoms with Crippen molar-refractivity contribution in [1.82, 2.24) is 9.62 Å². The molecule has 0 radical (unpaired) electrons. The molecule has 0 saturated heterocycles. The predicted octanol–water partition coefficient (Wildman–Crippen LogP) is 5.07. The normalized spacial score (nSPS) is 16.4. The Morgan fingerprint density at radius 3 is 2.46 bits per heavy atom. The van der Waals surface area contributed by atoms with E-state index in [0.29, 0.717) is 17.5 Å². The number of sulfonamides is 1. The molecule has 3 aromatic carbocycles. The van der Waals surface area contributed by atoms with Crippen molar-refractivity contribution in [3.05, 3.63) is 94.0 Å². The van der Waals surface area contributed by atoms with E-state index in [1.165, 1.54) is 6.07 Å². The number of nitrogens with zero attached hydrogens (tertiary/aromatic N) is 1. The number of fused-ring (bicyclic) bond motifs is 1. The number of nitrogens with one attached hydrogen (secondary N) is 1. The number of ether oxygens (including phenoxy) is 1. The fourth-order valence-electron chi connectivity index (χ4n) is 4.03. The van der Waals surface area contributed by atoms with Gasteiger partial charge in [-0.25, -0.2) is 8.42 Å². The van der Waals surface area contributed by atoms with Crippen molar-refractivity contribution >= 4 is 31.9 Å². The largest absolute Gasteiger partial charge is 0.573 e. The summed E-state index contributed by atoms with van der Waals surface area (Å²) >= 11 is 3.06. The molecule has 4 rings (SSSR count). The lowest BCUT2D eigenvalue weighted by molar-refractivity contribution is -0.275. The van der Waals surface area contributed by atoms with Crippen LogP contribution in [-0.2, 0) is 16.4 Å². The summed E-state index contributed by atoms with van der Waals surface area (Å²) < 4.78 is 71.9. The van der Waals surface area contributed by atoms with Crippen LogP contribution in [0.2, 0.25) is 0 Å². The first-order chi connectivity index (χ1) is 16.6. The van der Waals surface area contributed by atoms with Gasteiger partial charge >= 0.3 is 6.36 Å². The van der Waals surface area contributed by atoms with Crippen molar-refractivity contribution in [2.75, 3.05) is 13.1 Å². The second kappa shape index (κ2) is 10.00. The predicted molar refractivity (Wildman–Crippen MR) is 126 cm³/mol. The summed E-state index contributed by atoms with van der Waals surface area (Å²) in [5.41, 5.74) is 1.98. The Balaban J connectivity index is 1.71. The highest BCUT2D eigenvalue weighted by molar-refractivity contribution is 9.10. The fourth-order valence-corrected chi connectivity index (χ4v) is 6.08. The first-order valence-corrected chi connectivity index (χ1v) is 12.8. The number of carbonyl (C=O) groups is 1. The third kappa shape index (κ3) is 5.68. The average molecular weight is 569 g/mol. The van der Waals surface area contributed by atoms with Crippen molar-refractivity contribution in [1.29, 1.82) is 0 Å². The molecule has 0 saturated carbocycles. The lowest BCUT2D eigenvalue weighted by Crippen LogP contribution is -2.45. The molecule has 0 fully saturated rings. The van der Waals surface area contributed by atoms with Gasteiger partial charge in [0.25, 0.3) is 5.91 Å². The molecule has 1 aliphatic heterocycles. The van der Waals surface area contributed by atoms with Gasteiger partial charge in [-0.1, -0.05) is 58.4 Å². The number of carbonyl (C=O) groups excluding carboxylic acids is 1. The second-order valence-corrected chi connectivity index (χ2v) is 10.6. The van der Waals surface area contributed by atoms with E-state index < -0.39 is 39.0 Å². The van der Waals surface area contributed by atoms with Crippen LogP contribution in [-0.4, -0.2) is 38.1 Å². The molecule has 1 amide bonds. The molecular formula is C24H20BrF3N2O4S. The average Bonchev–Trinajstić information content (AvgIpc) is 2.81. The third-order valence-corrected chi connectivity index (χ3v) is 8.01. The molecule has 1 aliphatic rings. The van der Waals surface area contributed by atoms with Crippen molar-refractivity contribution < 1.29 is 31.1 Å². The highest BCUT2D eigenvalue weighted by atomic mass is 79.9. The fraction of sp³-hybridized carbons (Fsp3) is 0.208. The van der Waals surface area contributed by atoms with Gasteiger partial charge in [0, 0.05) is 23.1 Å². The number of halogens is 4. The summed E-state index contributed by atoms with van der Waals surface area (Å²) in [6.07, 6.45) is -4.72. The van der Waals surface area contributed by atoms with Gasteiger partial charge in [0.15, 0.2) is 5.75 Å². The molecule has 0 bridgehead atoms. The van der Waals surface area contributed by atoms with Crippen molar-refractivity contribution in [2.24, 2.45) is 0 Å². The van der Waals surface area contributed by atoms with Crippen LogP contribution in [0, 0.1) is 0 Å². The number of amides is 1. The SMILES string of the molecule is O=C(NCC1c2ccccc2CCN1S(=O)(=O)c1ccc(Br)cc1OC(F)(F)F)c1ccccc1. The molecule has 1 N–H and O–H groups in total. The first-order valence-electron chi connectivity index (χ1n) is 10.5. The highest BCUT2D eigenvalue weighted by Gasteiger charge is 2.40. The minimum atomic E-state index is -5.08. The van der Waals surface area contributed by atoms with E-state index in [1.807, 2.05) is 12.1 Å². The molecule has 35 heavy (non-hydrogen) atoms. The van der Waals surface area contributed by atoms with E-state index in [2.05, 4.69) is 26.0 Å². The zero-order valence-corrected chi connectivity index (χ0v) is 20.5. The molecule has 0 spiro atoms. The molecule has 11 heteroatoms. The maximum absolute atomic E-state index is 13.7. The maximum atomic E-state index is 13.7. The van der Waals surface area contributed by atoms with Gasteiger partial charge in [0.1, 0.15) is 4.90 Å². The van der Waals surface area contributed by atoms with Crippen LogP contribution in [0.25, 0.3) is 0 Å². The van der Waals surface area contributed by atoms with E-state index in [0.717, 1.165) is 22.0 Å². The zero-order valence-electron chi connectivity index (χ0n) is 18.1. The Labute approximate surface area is 208 Å². The number of rotatable bonds is 6. The monoisotopic (exact) mass is 568 g/mol. The van der Waals surface area contributed by atoms with E-state index in [4.69, 9.17) is 0 Å². The standard InChI is InChI=1S/C24H20BrF3N2O4S/c25-18-10-11-22(21(14-18)34-24(26,27)28)35(32,33)30-13-12-16-6-4-5-9-19(16)20(30)15-29-23(31)17-7-2-1-3-8-17/h1-11,14,20H,12-13,15H2,(H,29,31). The zero-order chi connectivity index (χ0) is 25.2. The van der Waals surface area contributed by atoms with Crippen LogP contribution in [0.4, 0.5) is 13.2 Å². The molecule has 6 nitrogen and oxygen atoms in total. The molecule has 184 valence electrons. The third-order valence-electron chi connectivity index (χ3n) is 5.57. The van der Waals surface area contributed by atoms with E-state index in [9.17, 15) is 26.4 Å². The summed E-state index contributed by atoms with van der Waals surface area (Å²) in [4.78, 5) is 12.0. The van der Waals surface area contributed by atoms with Gasteiger partial charge in [0.2, 0.25) is 10.0 Å².